The van der Waals surface area contributed by atoms with Gasteiger partial charge in [0.1, 0.15) is 0 Å². The molecular formula is C16H23ClN2O. The van der Waals surface area contributed by atoms with E-state index < -0.39 is 6.04 Å². The van der Waals surface area contributed by atoms with Crippen LogP contribution in [0, 0.1) is 11.3 Å². The second kappa shape index (κ2) is 5.05. The molecule has 0 aliphatic heterocycles. The summed E-state index contributed by atoms with van der Waals surface area (Å²) in [6.07, 6.45) is 1.09. The molecule has 0 radical (unpaired) electrons. The van der Waals surface area contributed by atoms with E-state index in [0.29, 0.717) is 17.9 Å². The zero-order valence-corrected chi connectivity index (χ0v) is 13.0. The van der Waals surface area contributed by atoms with Crippen molar-refractivity contribution in [2.75, 3.05) is 0 Å². The lowest BCUT2D eigenvalue weighted by atomic mass is 9.87. The number of hydrogen-bond donors (Lipinski definition) is 2. The standard InChI is InChI=1S/C16H22N2O.ClH/c1-16(2,3)14(17)15(19)18-13-11-8-9-6-4-5-7-10(9)12(11)13;/h4-7,11-14H,8,17H2,1-3H3,(H,18,19);1H/t11?,12?,13?,14-;/m1./s1. The SMILES string of the molecule is CC(C)(C)[C@H](N)C(=O)NC1C2Cc3ccccc3C21.Cl. The molecular weight excluding hydrogens is 272 g/mol. The van der Waals surface area contributed by atoms with Gasteiger partial charge in [0.25, 0.3) is 0 Å². The van der Waals surface area contributed by atoms with Crippen LogP contribution in [0.25, 0.3) is 0 Å². The Morgan fingerprint density at radius 3 is 2.65 bits per heavy atom. The average molecular weight is 295 g/mol. The van der Waals surface area contributed by atoms with E-state index in [0.717, 1.165) is 6.42 Å². The highest BCUT2D eigenvalue weighted by Crippen LogP contribution is 2.56. The Morgan fingerprint density at radius 2 is 2.00 bits per heavy atom. The van der Waals surface area contributed by atoms with E-state index in [1.54, 1.807) is 0 Å². The molecule has 0 bridgehead atoms. The second-order valence-corrected chi connectivity index (χ2v) is 6.97. The highest BCUT2D eigenvalue weighted by atomic mass is 35.5. The third-order valence-electron chi connectivity index (χ3n) is 4.56. The Bertz CT molecular complexity index is 523. The number of nitrogens with one attached hydrogen (secondary N) is 1. The van der Waals surface area contributed by atoms with E-state index in [1.807, 2.05) is 20.8 Å². The van der Waals surface area contributed by atoms with E-state index in [-0.39, 0.29) is 23.7 Å². The van der Waals surface area contributed by atoms with Crippen LogP contribution in [0.4, 0.5) is 0 Å². The van der Waals surface area contributed by atoms with Gasteiger partial charge in [-0.25, -0.2) is 0 Å². The van der Waals surface area contributed by atoms with Crippen molar-refractivity contribution in [2.45, 2.75) is 45.2 Å². The van der Waals surface area contributed by atoms with Gasteiger partial charge in [-0.3, -0.25) is 4.79 Å². The first-order chi connectivity index (χ1) is 8.89. The molecule has 3 rings (SSSR count). The van der Waals surface area contributed by atoms with Crippen LogP contribution >= 0.6 is 12.4 Å². The van der Waals surface area contributed by atoms with Crippen LogP contribution in [-0.4, -0.2) is 18.0 Å². The molecule has 3 N–H and O–H groups in total. The van der Waals surface area contributed by atoms with Crippen LogP contribution in [0.15, 0.2) is 24.3 Å². The quantitative estimate of drug-likeness (QED) is 0.879. The zero-order chi connectivity index (χ0) is 13.8. The van der Waals surface area contributed by atoms with Crippen molar-refractivity contribution in [1.82, 2.24) is 5.32 Å². The number of nitrogens with two attached hydrogens (primary N) is 1. The molecule has 1 saturated carbocycles. The molecule has 1 aromatic carbocycles. The molecule has 1 amide bonds. The highest BCUT2D eigenvalue weighted by Gasteiger charge is 2.56. The Labute approximate surface area is 126 Å². The van der Waals surface area contributed by atoms with Crippen LogP contribution in [0.1, 0.15) is 37.8 Å². The normalized spacial score (nSPS) is 27.9. The topological polar surface area (TPSA) is 55.1 Å². The predicted octanol–water partition coefficient (Wildman–Crippen LogP) is 2.24. The minimum Gasteiger partial charge on any atom is -0.351 e. The monoisotopic (exact) mass is 294 g/mol. The molecule has 3 unspecified atom stereocenters. The number of halogens is 1. The van der Waals surface area contributed by atoms with Crippen molar-refractivity contribution in [3.63, 3.8) is 0 Å². The molecule has 0 heterocycles. The Hall–Kier alpha value is -1.06. The first kappa shape index (κ1) is 15.3. The Balaban J connectivity index is 0.00000147. The van der Waals surface area contributed by atoms with Crippen LogP contribution in [0.2, 0.25) is 0 Å². The number of amides is 1. The third kappa shape index (κ3) is 2.45. The van der Waals surface area contributed by atoms with Gasteiger partial charge < -0.3 is 11.1 Å². The van der Waals surface area contributed by atoms with Crippen molar-refractivity contribution >= 4 is 18.3 Å². The fraction of sp³-hybridized carbons (Fsp3) is 0.562. The number of rotatable bonds is 2. The van der Waals surface area contributed by atoms with Gasteiger partial charge in [-0.05, 0) is 28.9 Å². The molecule has 20 heavy (non-hydrogen) atoms. The summed E-state index contributed by atoms with van der Waals surface area (Å²) in [7, 11) is 0. The Morgan fingerprint density at radius 1 is 1.35 bits per heavy atom. The van der Waals surface area contributed by atoms with Crippen molar-refractivity contribution in [2.24, 2.45) is 17.1 Å². The van der Waals surface area contributed by atoms with Gasteiger partial charge in [-0.15, -0.1) is 12.4 Å². The first-order valence-electron chi connectivity index (χ1n) is 7.03. The molecule has 1 aromatic rings. The van der Waals surface area contributed by atoms with E-state index in [1.165, 1.54) is 11.1 Å². The van der Waals surface area contributed by atoms with Crippen LogP contribution in [-0.2, 0) is 11.2 Å². The molecule has 4 atom stereocenters. The van der Waals surface area contributed by atoms with Crippen LogP contribution in [0.5, 0.6) is 0 Å². The van der Waals surface area contributed by atoms with Crippen LogP contribution < -0.4 is 11.1 Å². The second-order valence-electron chi connectivity index (χ2n) is 6.97. The largest absolute Gasteiger partial charge is 0.351 e. The number of carbonyl (C=O) groups excluding carboxylic acids is 1. The molecule has 1 fully saturated rings. The van der Waals surface area contributed by atoms with Gasteiger partial charge in [0.15, 0.2) is 0 Å². The fourth-order valence-electron chi connectivity index (χ4n) is 3.20. The van der Waals surface area contributed by atoms with Crippen LogP contribution in [0.3, 0.4) is 0 Å². The van der Waals surface area contributed by atoms with E-state index >= 15 is 0 Å². The molecule has 110 valence electrons. The Kier molecular flexibility index (Phi) is 3.87. The van der Waals surface area contributed by atoms with Gasteiger partial charge in [-0.1, -0.05) is 45.0 Å². The highest BCUT2D eigenvalue weighted by molar-refractivity contribution is 5.85. The maximum atomic E-state index is 12.1. The van der Waals surface area contributed by atoms with Crippen molar-refractivity contribution < 1.29 is 4.79 Å². The van der Waals surface area contributed by atoms with E-state index in [4.69, 9.17) is 5.73 Å². The average Bonchev–Trinajstić information content (AvgIpc) is 2.85. The summed E-state index contributed by atoms with van der Waals surface area (Å²) in [6.45, 7) is 6.00. The minimum absolute atomic E-state index is 0. The van der Waals surface area contributed by atoms with Crippen molar-refractivity contribution in [3.05, 3.63) is 35.4 Å². The van der Waals surface area contributed by atoms with Crippen molar-refractivity contribution in [3.8, 4) is 0 Å². The number of carbonyl (C=O) groups is 1. The molecule has 3 nitrogen and oxygen atoms in total. The summed E-state index contributed by atoms with van der Waals surface area (Å²) in [5.74, 6) is 1.10. The summed E-state index contributed by atoms with van der Waals surface area (Å²) in [6, 6.07) is 8.42. The molecule has 0 aromatic heterocycles. The third-order valence-corrected chi connectivity index (χ3v) is 4.56. The molecule has 4 heteroatoms. The summed E-state index contributed by atoms with van der Waals surface area (Å²) < 4.78 is 0. The van der Waals surface area contributed by atoms with Gasteiger partial charge in [0.2, 0.25) is 5.91 Å². The summed E-state index contributed by atoms with van der Waals surface area (Å²) in [5, 5.41) is 3.14. The number of hydrogen-bond acceptors (Lipinski definition) is 2. The summed E-state index contributed by atoms with van der Waals surface area (Å²) >= 11 is 0. The fourth-order valence-corrected chi connectivity index (χ4v) is 3.20. The predicted molar refractivity (Wildman–Crippen MR) is 83.0 cm³/mol. The number of benzene rings is 1. The van der Waals surface area contributed by atoms with E-state index in [2.05, 4.69) is 29.6 Å². The smallest absolute Gasteiger partial charge is 0.237 e. The maximum absolute atomic E-state index is 12.1. The molecule has 0 spiro atoms. The van der Waals surface area contributed by atoms with E-state index in [9.17, 15) is 4.79 Å². The molecule has 0 saturated heterocycles. The maximum Gasteiger partial charge on any atom is 0.237 e. The molecule has 2 aliphatic carbocycles. The summed E-state index contributed by atoms with van der Waals surface area (Å²) in [5.41, 5.74) is 8.68. The lowest BCUT2D eigenvalue weighted by Gasteiger charge is -2.26. The summed E-state index contributed by atoms with van der Waals surface area (Å²) in [4.78, 5) is 12.1. The van der Waals surface area contributed by atoms with Gasteiger partial charge in [-0.2, -0.15) is 0 Å². The minimum atomic E-state index is -0.441. The molecule has 2 aliphatic rings. The first-order valence-corrected chi connectivity index (χ1v) is 7.03. The van der Waals surface area contributed by atoms with Gasteiger partial charge in [0, 0.05) is 12.0 Å². The van der Waals surface area contributed by atoms with Crippen molar-refractivity contribution in [1.29, 1.82) is 0 Å². The zero-order valence-electron chi connectivity index (χ0n) is 12.2. The lowest BCUT2D eigenvalue weighted by Crippen LogP contribution is -2.49. The van der Waals surface area contributed by atoms with Gasteiger partial charge in [0.05, 0.1) is 6.04 Å². The van der Waals surface area contributed by atoms with Gasteiger partial charge >= 0.3 is 0 Å². The number of fused-ring (bicyclic) bond motifs is 3. The lowest BCUT2D eigenvalue weighted by molar-refractivity contribution is -0.124.